The first-order valence-corrected chi connectivity index (χ1v) is 11.8. The van der Waals surface area contributed by atoms with Gasteiger partial charge in [-0.05, 0) is 49.3 Å². The molecule has 3 aromatic rings. The molecule has 5 rings (SSSR count). The lowest BCUT2D eigenvalue weighted by Crippen LogP contribution is -2.63. The zero-order valence-corrected chi connectivity index (χ0v) is 18.9. The molecule has 2 aliphatic rings. The van der Waals surface area contributed by atoms with Gasteiger partial charge in [0.2, 0.25) is 5.95 Å². The van der Waals surface area contributed by atoms with Crippen LogP contribution >= 0.6 is 11.3 Å². The van der Waals surface area contributed by atoms with E-state index in [2.05, 4.69) is 30.9 Å². The SMILES string of the molecule is C[C@H](Nc1nc(C(=O)N2CC(NC(=O)NC3CCC3)C2)c2sccc2n1)c1cncc(F)c1. The third-order valence-electron chi connectivity index (χ3n) is 6.02. The maximum absolute atomic E-state index is 13.5. The van der Waals surface area contributed by atoms with E-state index in [-0.39, 0.29) is 36.0 Å². The van der Waals surface area contributed by atoms with Crippen molar-refractivity contribution in [3.05, 3.63) is 47.0 Å². The standard InChI is InChI=1S/C22H24FN7O2S/c1-12(13-7-14(23)9-24-8-13)25-21-28-17-5-6-33-19(17)18(29-21)20(31)30-10-16(11-30)27-22(32)26-15-3-2-4-15/h5-9,12,15-16H,2-4,10-11H2,1H3,(H,25,28,29)(H2,26,27,32)/t12-/m0/s1. The summed E-state index contributed by atoms with van der Waals surface area (Å²) in [5.74, 6) is -0.338. The number of aromatic nitrogens is 3. The zero-order chi connectivity index (χ0) is 22.9. The van der Waals surface area contributed by atoms with Crippen molar-refractivity contribution < 1.29 is 14.0 Å². The van der Waals surface area contributed by atoms with Gasteiger partial charge in [0.1, 0.15) is 5.82 Å². The van der Waals surface area contributed by atoms with Crippen LogP contribution in [0.15, 0.2) is 29.9 Å². The monoisotopic (exact) mass is 469 g/mol. The number of nitrogens with zero attached hydrogens (tertiary/aromatic N) is 4. The lowest BCUT2D eigenvalue weighted by molar-refractivity contribution is 0.0572. The van der Waals surface area contributed by atoms with Crippen molar-refractivity contribution in [2.24, 2.45) is 0 Å². The number of thiophene rings is 1. The molecule has 3 amide bonds. The van der Waals surface area contributed by atoms with Crippen molar-refractivity contribution in [1.29, 1.82) is 0 Å². The summed E-state index contributed by atoms with van der Waals surface area (Å²) in [5.41, 5.74) is 1.63. The highest BCUT2D eigenvalue weighted by Gasteiger charge is 2.34. The zero-order valence-electron chi connectivity index (χ0n) is 18.0. The van der Waals surface area contributed by atoms with E-state index in [1.165, 1.54) is 17.4 Å². The van der Waals surface area contributed by atoms with Crippen LogP contribution in [0.3, 0.4) is 0 Å². The molecule has 0 spiro atoms. The Balaban J connectivity index is 1.26. The summed E-state index contributed by atoms with van der Waals surface area (Å²) in [6.07, 6.45) is 5.93. The summed E-state index contributed by atoms with van der Waals surface area (Å²) >= 11 is 1.41. The third-order valence-corrected chi connectivity index (χ3v) is 6.93. The molecule has 3 aromatic heterocycles. The molecule has 2 fully saturated rings. The Kier molecular flexibility index (Phi) is 5.79. The number of urea groups is 1. The number of halogens is 1. The number of carbonyl (C=O) groups excluding carboxylic acids is 2. The van der Waals surface area contributed by atoms with E-state index in [9.17, 15) is 14.0 Å². The molecule has 4 heterocycles. The van der Waals surface area contributed by atoms with Crippen LogP contribution in [0.2, 0.25) is 0 Å². The van der Waals surface area contributed by atoms with Crippen LogP contribution in [-0.4, -0.2) is 57.0 Å². The molecule has 0 bridgehead atoms. The Hall–Kier alpha value is -3.34. The summed E-state index contributed by atoms with van der Waals surface area (Å²) in [5, 5.41) is 10.9. The number of hydrogen-bond donors (Lipinski definition) is 3. The number of hydrogen-bond acceptors (Lipinski definition) is 7. The van der Waals surface area contributed by atoms with E-state index in [0.717, 1.165) is 25.5 Å². The Morgan fingerprint density at radius 1 is 1.18 bits per heavy atom. The number of carbonyl (C=O) groups is 2. The van der Waals surface area contributed by atoms with Crippen molar-refractivity contribution in [3.8, 4) is 0 Å². The van der Waals surface area contributed by atoms with E-state index in [1.807, 2.05) is 18.4 Å². The van der Waals surface area contributed by atoms with Crippen LogP contribution in [0.4, 0.5) is 15.1 Å². The van der Waals surface area contributed by atoms with Crippen molar-refractivity contribution >= 4 is 39.4 Å². The molecule has 33 heavy (non-hydrogen) atoms. The van der Waals surface area contributed by atoms with Gasteiger partial charge in [-0.2, -0.15) is 0 Å². The number of anilines is 1. The molecule has 11 heteroatoms. The fourth-order valence-corrected chi connectivity index (χ4v) is 4.68. The molecule has 172 valence electrons. The van der Waals surface area contributed by atoms with Gasteiger partial charge < -0.3 is 20.9 Å². The molecule has 1 aliphatic heterocycles. The van der Waals surface area contributed by atoms with E-state index >= 15 is 0 Å². The average molecular weight is 470 g/mol. The predicted octanol–water partition coefficient (Wildman–Crippen LogP) is 3.07. The largest absolute Gasteiger partial charge is 0.348 e. The quantitative estimate of drug-likeness (QED) is 0.512. The minimum absolute atomic E-state index is 0.0761. The van der Waals surface area contributed by atoms with Crippen LogP contribution in [-0.2, 0) is 0 Å². The molecule has 3 N–H and O–H groups in total. The lowest BCUT2D eigenvalue weighted by atomic mass is 9.93. The second-order valence-electron chi connectivity index (χ2n) is 8.49. The predicted molar refractivity (Wildman–Crippen MR) is 123 cm³/mol. The van der Waals surface area contributed by atoms with Crippen molar-refractivity contribution in [2.45, 2.75) is 44.3 Å². The smallest absolute Gasteiger partial charge is 0.315 e. The fraction of sp³-hybridized carbons (Fsp3) is 0.409. The van der Waals surface area contributed by atoms with Crippen molar-refractivity contribution in [3.63, 3.8) is 0 Å². The molecular weight excluding hydrogens is 445 g/mol. The summed E-state index contributed by atoms with van der Waals surface area (Å²) < 4.78 is 14.2. The number of rotatable bonds is 6. The maximum atomic E-state index is 13.5. The van der Waals surface area contributed by atoms with Gasteiger partial charge in [-0.1, -0.05) is 0 Å². The normalized spacial score (nSPS) is 17.2. The average Bonchev–Trinajstić information content (AvgIpc) is 3.20. The molecular formula is C22H24FN7O2S. The third kappa shape index (κ3) is 4.58. The van der Waals surface area contributed by atoms with Crippen molar-refractivity contribution in [1.82, 2.24) is 30.5 Å². The molecule has 1 saturated heterocycles. The molecule has 1 saturated carbocycles. The minimum atomic E-state index is -0.423. The lowest BCUT2D eigenvalue weighted by Gasteiger charge is -2.39. The van der Waals surface area contributed by atoms with E-state index < -0.39 is 5.82 Å². The first kappa shape index (κ1) is 21.5. The highest BCUT2D eigenvalue weighted by atomic mass is 32.1. The topological polar surface area (TPSA) is 112 Å². The Bertz CT molecular complexity index is 1190. The highest BCUT2D eigenvalue weighted by Crippen LogP contribution is 2.27. The van der Waals surface area contributed by atoms with Crippen LogP contribution in [0.5, 0.6) is 0 Å². The highest BCUT2D eigenvalue weighted by molar-refractivity contribution is 7.17. The first-order valence-electron chi connectivity index (χ1n) is 10.9. The minimum Gasteiger partial charge on any atom is -0.348 e. The summed E-state index contributed by atoms with van der Waals surface area (Å²) in [6, 6.07) is 2.95. The number of amides is 3. The van der Waals surface area contributed by atoms with Gasteiger partial charge in [0.05, 0.1) is 28.5 Å². The summed E-state index contributed by atoms with van der Waals surface area (Å²) in [7, 11) is 0. The molecule has 0 aromatic carbocycles. The van der Waals surface area contributed by atoms with Crippen LogP contribution < -0.4 is 16.0 Å². The van der Waals surface area contributed by atoms with Gasteiger partial charge in [0.15, 0.2) is 5.69 Å². The van der Waals surface area contributed by atoms with E-state index in [0.29, 0.717) is 34.6 Å². The van der Waals surface area contributed by atoms with Gasteiger partial charge >= 0.3 is 6.03 Å². The number of likely N-dealkylation sites (tertiary alicyclic amines) is 1. The van der Waals surface area contributed by atoms with E-state index in [4.69, 9.17) is 0 Å². The van der Waals surface area contributed by atoms with Gasteiger partial charge in [-0.25, -0.2) is 19.2 Å². The summed E-state index contributed by atoms with van der Waals surface area (Å²) in [4.78, 5) is 39.8. The van der Waals surface area contributed by atoms with Crippen molar-refractivity contribution in [2.75, 3.05) is 18.4 Å². The molecule has 1 atom stereocenters. The fourth-order valence-electron chi connectivity index (χ4n) is 3.87. The molecule has 0 unspecified atom stereocenters. The number of pyridine rings is 1. The Morgan fingerprint density at radius 3 is 2.70 bits per heavy atom. The number of nitrogens with one attached hydrogen (secondary N) is 3. The van der Waals surface area contributed by atoms with Crippen LogP contribution in [0, 0.1) is 5.82 Å². The molecule has 0 radical (unpaired) electrons. The van der Waals surface area contributed by atoms with Gasteiger partial charge in [0.25, 0.3) is 5.91 Å². The van der Waals surface area contributed by atoms with Crippen LogP contribution in [0.1, 0.15) is 48.3 Å². The first-order chi connectivity index (χ1) is 16.0. The van der Waals surface area contributed by atoms with Crippen LogP contribution in [0.25, 0.3) is 10.2 Å². The second kappa shape index (κ2) is 8.89. The number of fused-ring (bicyclic) bond motifs is 1. The Morgan fingerprint density at radius 2 is 1.97 bits per heavy atom. The summed E-state index contributed by atoms with van der Waals surface area (Å²) in [6.45, 7) is 2.71. The van der Waals surface area contributed by atoms with E-state index in [1.54, 1.807) is 11.1 Å². The maximum Gasteiger partial charge on any atom is 0.315 e. The second-order valence-corrected chi connectivity index (χ2v) is 9.40. The van der Waals surface area contributed by atoms with Gasteiger partial charge in [-0.15, -0.1) is 11.3 Å². The van der Waals surface area contributed by atoms with Gasteiger partial charge in [0, 0.05) is 25.3 Å². The molecule has 1 aliphatic carbocycles. The Labute approximate surface area is 193 Å². The van der Waals surface area contributed by atoms with Gasteiger partial charge in [-0.3, -0.25) is 9.78 Å². The molecule has 9 nitrogen and oxygen atoms in total.